The summed E-state index contributed by atoms with van der Waals surface area (Å²) < 4.78 is 5.74. The lowest BCUT2D eigenvalue weighted by Gasteiger charge is -2.04. The summed E-state index contributed by atoms with van der Waals surface area (Å²) in [4.78, 5) is 0. The van der Waals surface area contributed by atoms with E-state index in [2.05, 4.69) is 61.6 Å². The first-order valence-corrected chi connectivity index (χ1v) is 11.3. The van der Waals surface area contributed by atoms with Crippen LogP contribution in [0.4, 0.5) is 0 Å². The van der Waals surface area contributed by atoms with Gasteiger partial charge in [0.05, 0.1) is 6.61 Å². The Morgan fingerprint density at radius 3 is 2.00 bits per heavy atom. The molecule has 0 atom stereocenters. The maximum absolute atomic E-state index is 5.74. The zero-order valence-corrected chi connectivity index (χ0v) is 17.7. The van der Waals surface area contributed by atoms with E-state index >= 15 is 0 Å². The summed E-state index contributed by atoms with van der Waals surface area (Å²) in [6, 6.07) is 10.6. The van der Waals surface area contributed by atoms with Crippen molar-refractivity contribution in [3.8, 4) is 0 Å². The lowest BCUT2D eigenvalue weighted by Crippen LogP contribution is -2.00. The molecule has 0 fully saturated rings. The normalized spacial score (nSPS) is 11.7. The third-order valence-electron chi connectivity index (χ3n) is 4.87. The molecule has 1 nitrogen and oxygen atoms in total. The van der Waals surface area contributed by atoms with Crippen molar-refractivity contribution in [2.75, 3.05) is 13.2 Å². The van der Waals surface area contributed by atoms with Gasteiger partial charge in [-0.1, -0.05) is 100 Å². The Bertz CT molecular complexity index is 460. The van der Waals surface area contributed by atoms with Crippen LogP contribution in [0.5, 0.6) is 0 Å². The van der Waals surface area contributed by atoms with Gasteiger partial charge in [0, 0.05) is 6.61 Å². The molecule has 0 spiro atoms. The number of hydrogen-bond acceptors (Lipinski definition) is 1. The fourth-order valence-electron chi connectivity index (χ4n) is 3.13. The standard InChI is InChI=1S/C26H42O/c1-2-3-4-5-6-7-8-9-10-11-12-13-14-15-16-20-24-27-25-23-26-21-18-17-19-22-26/h6-7,9-10,17-19,21-22H,2-5,8,11-16,20,23-25H2,1H3. The molecule has 1 aromatic carbocycles. The molecule has 0 N–H and O–H groups in total. The van der Waals surface area contributed by atoms with Crippen molar-refractivity contribution in [1.29, 1.82) is 0 Å². The Morgan fingerprint density at radius 1 is 0.667 bits per heavy atom. The summed E-state index contributed by atoms with van der Waals surface area (Å²) >= 11 is 0. The first-order valence-electron chi connectivity index (χ1n) is 11.3. The molecule has 0 heterocycles. The Hall–Kier alpha value is -1.34. The smallest absolute Gasteiger partial charge is 0.0506 e. The maximum atomic E-state index is 5.74. The molecule has 0 unspecified atom stereocenters. The van der Waals surface area contributed by atoms with Crippen molar-refractivity contribution in [2.24, 2.45) is 0 Å². The molecule has 0 aromatic heterocycles. The van der Waals surface area contributed by atoms with E-state index in [1.54, 1.807) is 0 Å². The molecule has 1 aromatic rings. The van der Waals surface area contributed by atoms with Gasteiger partial charge in [-0.3, -0.25) is 0 Å². The van der Waals surface area contributed by atoms with Gasteiger partial charge < -0.3 is 4.74 Å². The van der Waals surface area contributed by atoms with E-state index in [-0.39, 0.29) is 0 Å². The lowest BCUT2D eigenvalue weighted by molar-refractivity contribution is 0.133. The highest BCUT2D eigenvalue weighted by Gasteiger charge is 1.94. The molecule has 0 amide bonds. The number of ether oxygens (including phenoxy) is 1. The maximum Gasteiger partial charge on any atom is 0.0506 e. The van der Waals surface area contributed by atoms with Gasteiger partial charge in [-0.2, -0.15) is 0 Å². The van der Waals surface area contributed by atoms with E-state index in [1.807, 2.05) is 0 Å². The van der Waals surface area contributed by atoms with E-state index in [4.69, 9.17) is 4.74 Å². The molecule has 0 saturated heterocycles. The van der Waals surface area contributed by atoms with Gasteiger partial charge in [0.1, 0.15) is 0 Å². The summed E-state index contributed by atoms with van der Waals surface area (Å²) in [5.41, 5.74) is 1.37. The van der Waals surface area contributed by atoms with Gasteiger partial charge in [-0.15, -0.1) is 0 Å². The minimum atomic E-state index is 0.851. The second-order valence-electron chi connectivity index (χ2n) is 7.43. The average molecular weight is 371 g/mol. The highest BCUT2D eigenvalue weighted by Crippen LogP contribution is 2.08. The quantitative estimate of drug-likeness (QED) is 0.187. The van der Waals surface area contributed by atoms with E-state index in [1.165, 1.54) is 76.2 Å². The lowest BCUT2D eigenvalue weighted by atomic mass is 10.1. The highest BCUT2D eigenvalue weighted by molar-refractivity contribution is 5.14. The Labute approximate surface area is 168 Å². The van der Waals surface area contributed by atoms with E-state index < -0.39 is 0 Å². The van der Waals surface area contributed by atoms with Gasteiger partial charge >= 0.3 is 0 Å². The molecule has 152 valence electrons. The zero-order chi connectivity index (χ0) is 19.3. The van der Waals surface area contributed by atoms with Crippen LogP contribution in [-0.2, 0) is 11.2 Å². The molecule has 1 rings (SSSR count). The Kier molecular flexibility index (Phi) is 17.0. The molecule has 1 heteroatoms. The number of rotatable bonds is 18. The van der Waals surface area contributed by atoms with E-state index in [0.717, 1.165) is 26.1 Å². The van der Waals surface area contributed by atoms with Gasteiger partial charge in [-0.25, -0.2) is 0 Å². The van der Waals surface area contributed by atoms with Crippen LogP contribution < -0.4 is 0 Å². The molecule has 0 aliphatic carbocycles. The Balaban J connectivity index is 1.75. The first-order chi connectivity index (χ1) is 13.4. The summed E-state index contributed by atoms with van der Waals surface area (Å²) in [5, 5.41) is 0. The van der Waals surface area contributed by atoms with Crippen molar-refractivity contribution < 1.29 is 4.74 Å². The molecular formula is C26H42O. The number of hydrogen-bond donors (Lipinski definition) is 0. The summed E-state index contributed by atoms with van der Waals surface area (Å²) in [7, 11) is 0. The van der Waals surface area contributed by atoms with Gasteiger partial charge in [-0.05, 0) is 50.5 Å². The predicted molar refractivity (Wildman–Crippen MR) is 120 cm³/mol. The van der Waals surface area contributed by atoms with Crippen LogP contribution in [0, 0.1) is 0 Å². The van der Waals surface area contributed by atoms with Crippen LogP contribution in [0.3, 0.4) is 0 Å². The van der Waals surface area contributed by atoms with Gasteiger partial charge in [0.2, 0.25) is 0 Å². The second kappa shape index (κ2) is 19.4. The fraction of sp³-hybridized carbons (Fsp3) is 0.615. The number of benzene rings is 1. The molecular weight excluding hydrogens is 328 g/mol. The summed E-state index contributed by atoms with van der Waals surface area (Å²) in [6.45, 7) is 4.03. The van der Waals surface area contributed by atoms with Crippen molar-refractivity contribution >= 4 is 0 Å². The van der Waals surface area contributed by atoms with Crippen molar-refractivity contribution in [3.05, 3.63) is 60.2 Å². The minimum Gasteiger partial charge on any atom is -0.381 e. The molecule has 27 heavy (non-hydrogen) atoms. The average Bonchev–Trinajstić information content (AvgIpc) is 2.70. The second-order valence-corrected chi connectivity index (χ2v) is 7.43. The van der Waals surface area contributed by atoms with Crippen molar-refractivity contribution in [1.82, 2.24) is 0 Å². The van der Waals surface area contributed by atoms with Gasteiger partial charge in [0.25, 0.3) is 0 Å². The SMILES string of the molecule is CCCCCC=CCC=CCCCCCCCCOCCc1ccccc1. The topological polar surface area (TPSA) is 9.23 Å². The van der Waals surface area contributed by atoms with Crippen LogP contribution >= 0.6 is 0 Å². The van der Waals surface area contributed by atoms with Crippen LogP contribution in [0.1, 0.15) is 89.5 Å². The third-order valence-corrected chi connectivity index (χ3v) is 4.87. The highest BCUT2D eigenvalue weighted by atomic mass is 16.5. The molecule has 0 radical (unpaired) electrons. The number of allylic oxidation sites excluding steroid dienone is 4. The van der Waals surface area contributed by atoms with Crippen LogP contribution in [0.15, 0.2) is 54.6 Å². The van der Waals surface area contributed by atoms with Crippen LogP contribution in [0.2, 0.25) is 0 Å². The van der Waals surface area contributed by atoms with E-state index in [9.17, 15) is 0 Å². The third kappa shape index (κ3) is 16.6. The fourth-order valence-corrected chi connectivity index (χ4v) is 3.13. The molecule has 0 bridgehead atoms. The summed E-state index contributed by atoms with van der Waals surface area (Å²) in [5.74, 6) is 0. The minimum absolute atomic E-state index is 0.851. The Morgan fingerprint density at radius 2 is 1.30 bits per heavy atom. The molecule has 0 aliphatic rings. The van der Waals surface area contributed by atoms with Crippen LogP contribution in [0.25, 0.3) is 0 Å². The van der Waals surface area contributed by atoms with Crippen molar-refractivity contribution in [3.63, 3.8) is 0 Å². The van der Waals surface area contributed by atoms with Crippen LogP contribution in [-0.4, -0.2) is 13.2 Å². The monoisotopic (exact) mass is 370 g/mol. The summed E-state index contributed by atoms with van der Waals surface area (Å²) in [6.07, 6.45) is 25.9. The predicted octanol–water partition coefficient (Wildman–Crippen LogP) is 8.06. The molecule has 0 aliphatic heterocycles. The molecule has 0 saturated carbocycles. The van der Waals surface area contributed by atoms with E-state index in [0.29, 0.717) is 0 Å². The van der Waals surface area contributed by atoms with Gasteiger partial charge in [0.15, 0.2) is 0 Å². The van der Waals surface area contributed by atoms with Crippen molar-refractivity contribution in [2.45, 2.75) is 90.4 Å². The largest absolute Gasteiger partial charge is 0.381 e. The zero-order valence-electron chi connectivity index (χ0n) is 17.7. The number of unbranched alkanes of at least 4 members (excludes halogenated alkanes) is 9. The first kappa shape index (κ1) is 23.7.